The van der Waals surface area contributed by atoms with E-state index in [4.69, 9.17) is 9.79 Å². The number of hydrogen-bond acceptors (Lipinski definition) is 1. The summed E-state index contributed by atoms with van der Waals surface area (Å²) >= 11 is 0. The average molecular weight is 232 g/mol. The van der Waals surface area contributed by atoms with Crippen LogP contribution in [0.5, 0.6) is 0 Å². The third-order valence-corrected chi connectivity index (χ3v) is 2.34. The van der Waals surface area contributed by atoms with Crippen molar-refractivity contribution in [2.75, 3.05) is 0 Å². The van der Waals surface area contributed by atoms with Crippen molar-refractivity contribution in [3.05, 3.63) is 17.1 Å². The summed E-state index contributed by atoms with van der Waals surface area (Å²) in [6.07, 6.45) is 0. The molecule has 0 saturated carbocycles. The zero-order chi connectivity index (χ0) is 12.5. The fourth-order valence-corrected chi connectivity index (χ4v) is 2.00. The molecule has 0 aliphatic rings. The van der Waals surface area contributed by atoms with E-state index in [1.807, 2.05) is 41.5 Å². The molecule has 0 spiro atoms. The van der Waals surface area contributed by atoms with Crippen LogP contribution in [0.15, 0.2) is 17.1 Å². The highest BCUT2D eigenvalue weighted by Crippen LogP contribution is 2.41. The lowest BCUT2D eigenvalue weighted by Gasteiger charge is -2.32. The predicted octanol–water partition coefficient (Wildman–Crippen LogP) is 3.30. The first-order valence-electron chi connectivity index (χ1n) is 4.88. The van der Waals surface area contributed by atoms with Crippen molar-refractivity contribution in [3.63, 3.8) is 0 Å². The predicted molar refractivity (Wildman–Crippen MR) is 62.6 cm³/mol. The Morgan fingerprint density at radius 1 is 1.07 bits per heavy atom. The van der Waals surface area contributed by atoms with Gasteiger partial charge in [-0.1, -0.05) is 41.5 Å². The Kier molecular flexibility index (Phi) is 4.18. The van der Waals surface area contributed by atoms with Crippen molar-refractivity contribution >= 4 is 7.60 Å². The summed E-state index contributed by atoms with van der Waals surface area (Å²) < 4.78 is 10.8. The largest absolute Gasteiger partial charge is 0.356 e. The van der Waals surface area contributed by atoms with Gasteiger partial charge < -0.3 is 9.79 Å². The molecular weight excluding hydrogens is 211 g/mol. The first-order valence-corrected chi connectivity index (χ1v) is 6.56. The molecule has 0 aromatic carbocycles. The van der Waals surface area contributed by atoms with Crippen LogP contribution >= 0.6 is 7.60 Å². The second kappa shape index (κ2) is 4.27. The molecule has 0 heterocycles. The van der Waals surface area contributed by atoms with Gasteiger partial charge in [-0.2, -0.15) is 0 Å². The van der Waals surface area contributed by atoms with E-state index in [1.54, 1.807) is 0 Å². The van der Waals surface area contributed by atoms with Crippen LogP contribution in [0.25, 0.3) is 0 Å². The topological polar surface area (TPSA) is 57.5 Å². The molecule has 0 bridgehead atoms. The van der Waals surface area contributed by atoms with E-state index in [0.29, 0.717) is 0 Å². The van der Waals surface area contributed by atoms with Gasteiger partial charge in [0.15, 0.2) is 0 Å². The molecule has 0 unspecified atom stereocenters. The number of hydrogen-bond donors (Lipinski definition) is 2. The van der Waals surface area contributed by atoms with Gasteiger partial charge in [-0.15, -0.1) is 5.73 Å². The van der Waals surface area contributed by atoms with Crippen LogP contribution in [0.4, 0.5) is 0 Å². The Morgan fingerprint density at radius 3 is 1.60 bits per heavy atom. The highest BCUT2D eigenvalue weighted by molar-refractivity contribution is 7.55. The molecule has 0 aliphatic carbocycles. The number of allylic oxidation sites excluding steroid dienone is 1. The minimum Gasteiger partial charge on any atom is -0.321 e. The zero-order valence-electron chi connectivity index (χ0n) is 10.3. The minimum absolute atomic E-state index is 0.149. The third-order valence-electron chi connectivity index (χ3n) is 1.88. The molecular formula is C11H21O3P. The van der Waals surface area contributed by atoms with Gasteiger partial charge in [-0.3, -0.25) is 4.57 Å². The van der Waals surface area contributed by atoms with Crippen LogP contribution in [0.1, 0.15) is 41.5 Å². The molecule has 0 fully saturated rings. The van der Waals surface area contributed by atoms with Gasteiger partial charge in [0, 0.05) is 0 Å². The van der Waals surface area contributed by atoms with Crippen molar-refractivity contribution in [2.45, 2.75) is 41.5 Å². The van der Waals surface area contributed by atoms with E-state index >= 15 is 0 Å². The second-order valence-electron chi connectivity index (χ2n) is 5.74. The van der Waals surface area contributed by atoms with E-state index in [9.17, 15) is 4.57 Å². The average Bonchev–Trinajstić information content (AvgIpc) is 1.75. The lowest BCUT2D eigenvalue weighted by atomic mass is 9.72. The van der Waals surface area contributed by atoms with E-state index in [-0.39, 0.29) is 10.8 Å². The highest BCUT2D eigenvalue weighted by Gasteiger charge is 2.28. The summed E-state index contributed by atoms with van der Waals surface area (Å²) in [6, 6.07) is 0. The monoisotopic (exact) mass is 232 g/mol. The smallest absolute Gasteiger partial charge is 0.321 e. The summed E-state index contributed by atoms with van der Waals surface area (Å²) in [5.74, 6) is 0.860. The van der Waals surface area contributed by atoms with Crippen molar-refractivity contribution in [3.8, 4) is 0 Å². The van der Waals surface area contributed by atoms with Crippen LogP contribution in [0.2, 0.25) is 0 Å². The highest BCUT2D eigenvalue weighted by atomic mass is 31.2. The maximum absolute atomic E-state index is 10.8. The van der Waals surface area contributed by atoms with Gasteiger partial charge in [0.2, 0.25) is 0 Å². The molecule has 0 amide bonds. The minimum atomic E-state index is -4.12. The first kappa shape index (κ1) is 14.7. The van der Waals surface area contributed by atoms with Gasteiger partial charge in [-0.25, -0.2) is 0 Å². The quantitative estimate of drug-likeness (QED) is 0.538. The Labute approximate surface area is 92.1 Å². The molecule has 0 rings (SSSR count). The van der Waals surface area contributed by atoms with E-state index in [0.717, 1.165) is 11.4 Å². The molecule has 88 valence electrons. The maximum atomic E-state index is 10.8. The standard InChI is InChI=1S/C11H21O3P/c1-10(2,3)9(11(4,5)6)7-8-15(12,13)14/h8H,1-6H3,(H2,12,13,14). The van der Waals surface area contributed by atoms with Crippen LogP contribution in [-0.2, 0) is 4.57 Å². The summed E-state index contributed by atoms with van der Waals surface area (Å²) in [6.45, 7) is 12.0. The van der Waals surface area contributed by atoms with Gasteiger partial charge >= 0.3 is 7.60 Å². The van der Waals surface area contributed by atoms with Crippen LogP contribution in [0.3, 0.4) is 0 Å². The van der Waals surface area contributed by atoms with Gasteiger partial charge in [0.25, 0.3) is 0 Å². The Hall–Kier alpha value is -0.330. The molecule has 3 nitrogen and oxygen atoms in total. The van der Waals surface area contributed by atoms with Crippen LogP contribution in [0, 0.1) is 10.8 Å². The van der Waals surface area contributed by atoms with Crippen LogP contribution in [-0.4, -0.2) is 9.79 Å². The van der Waals surface area contributed by atoms with Gasteiger partial charge in [0.05, 0.1) is 5.82 Å². The summed E-state index contributed by atoms with van der Waals surface area (Å²) in [5.41, 5.74) is 3.37. The summed E-state index contributed by atoms with van der Waals surface area (Å²) in [4.78, 5) is 17.6. The summed E-state index contributed by atoms with van der Waals surface area (Å²) in [5, 5.41) is 0. The van der Waals surface area contributed by atoms with Gasteiger partial charge in [-0.05, 0) is 16.4 Å². The van der Waals surface area contributed by atoms with Crippen molar-refractivity contribution in [1.29, 1.82) is 0 Å². The maximum Gasteiger partial charge on any atom is 0.356 e. The molecule has 0 aliphatic heterocycles. The number of rotatable bonds is 1. The molecule has 0 aromatic rings. The zero-order valence-corrected chi connectivity index (χ0v) is 11.2. The van der Waals surface area contributed by atoms with E-state index < -0.39 is 7.60 Å². The Bertz CT molecular complexity index is 314. The fourth-order valence-electron chi connectivity index (χ4n) is 1.71. The molecule has 4 heteroatoms. The van der Waals surface area contributed by atoms with Crippen molar-refractivity contribution in [2.24, 2.45) is 10.8 Å². The lowest BCUT2D eigenvalue weighted by molar-refractivity contribution is 0.363. The third kappa shape index (κ3) is 5.96. The van der Waals surface area contributed by atoms with E-state index in [1.165, 1.54) is 0 Å². The van der Waals surface area contributed by atoms with Crippen molar-refractivity contribution in [1.82, 2.24) is 0 Å². The van der Waals surface area contributed by atoms with E-state index in [2.05, 4.69) is 5.73 Å². The van der Waals surface area contributed by atoms with Crippen LogP contribution < -0.4 is 0 Å². The molecule has 0 atom stereocenters. The normalized spacial score (nSPS) is 13.3. The SMILES string of the molecule is CC(C)(C)C(=C=CP(=O)(O)O)C(C)(C)C. The lowest BCUT2D eigenvalue weighted by Crippen LogP contribution is -2.21. The molecule has 0 aromatic heterocycles. The molecule has 2 N–H and O–H groups in total. The second-order valence-corrected chi connectivity index (χ2v) is 7.17. The fraction of sp³-hybridized carbons (Fsp3) is 0.727. The molecule has 0 radical (unpaired) electrons. The summed E-state index contributed by atoms with van der Waals surface area (Å²) in [7, 11) is -4.12. The molecule has 0 saturated heterocycles. The van der Waals surface area contributed by atoms with Crippen molar-refractivity contribution < 1.29 is 14.4 Å². The molecule has 15 heavy (non-hydrogen) atoms. The Balaban J connectivity index is 5.54. The first-order chi connectivity index (χ1) is 6.34. The Morgan fingerprint density at radius 2 is 1.40 bits per heavy atom. The van der Waals surface area contributed by atoms with Gasteiger partial charge in [0.1, 0.15) is 0 Å².